The summed E-state index contributed by atoms with van der Waals surface area (Å²) in [5.74, 6) is -0.817. The monoisotopic (exact) mass is 359 g/mol. The van der Waals surface area contributed by atoms with Crippen LogP contribution in [0.15, 0.2) is 60.8 Å². The predicted molar refractivity (Wildman–Crippen MR) is 92.1 cm³/mol. The molecule has 1 heterocycles. The summed E-state index contributed by atoms with van der Waals surface area (Å²) in [6.07, 6.45) is -3.03. The summed E-state index contributed by atoms with van der Waals surface area (Å²) < 4.78 is 38.9. The maximum atomic E-state index is 12.5. The highest BCUT2D eigenvalue weighted by atomic mass is 19.4. The predicted octanol–water partition coefficient (Wildman–Crippen LogP) is 4.14. The minimum Gasteiger partial charge on any atom is -0.343 e. The van der Waals surface area contributed by atoms with E-state index >= 15 is 0 Å². The van der Waals surface area contributed by atoms with Crippen molar-refractivity contribution < 1.29 is 18.0 Å². The van der Waals surface area contributed by atoms with Crippen molar-refractivity contribution in [3.63, 3.8) is 0 Å². The van der Waals surface area contributed by atoms with Gasteiger partial charge in [0.25, 0.3) is 5.91 Å². The molecule has 0 saturated heterocycles. The first-order valence-corrected chi connectivity index (χ1v) is 7.91. The molecular weight excluding hydrogens is 343 g/mol. The topological polar surface area (TPSA) is 46.9 Å². The van der Waals surface area contributed by atoms with Crippen molar-refractivity contribution in [2.24, 2.45) is 0 Å². The number of aromatic nitrogens is 2. The average molecular weight is 359 g/mol. The first kappa shape index (κ1) is 17.7. The van der Waals surface area contributed by atoms with Crippen LogP contribution in [0.4, 0.5) is 13.2 Å². The van der Waals surface area contributed by atoms with E-state index in [1.54, 1.807) is 24.3 Å². The van der Waals surface area contributed by atoms with E-state index in [0.717, 1.165) is 5.56 Å². The number of rotatable bonds is 4. The number of para-hydroxylation sites is 1. The molecule has 3 aromatic rings. The molecule has 0 unspecified atom stereocenters. The molecule has 0 atom stereocenters. The summed E-state index contributed by atoms with van der Waals surface area (Å²) in [5, 5.41) is 6.37. The Morgan fingerprint density at radius 2 is 1.73 bits per heavy atom. The van der Waals surface area contributed by atoms with Gasteiger partial charge in [-0.15, -0.1) is 0 Å². The van der Waals surface area contributed by atoms with Crippen LogP contribution in [0.3, 0.4) is 0 Å². The lowest BCUT2D eigenvalue weighted by Gasteiger charge is -2.09. The maximum Gasteiger partial charge on any atom is 0.405 e. The van der Waals surface area contributed by atoms with E-state index in [2.05, 4.69) is 5.10 Å². The van der Waals surface area contributed by atoms with Gasteiger partial charge in [-0.3, -0.25) is 4.79 Å². The van der Waals surface area contributed by atoms with Gasteiger partial charge < -0.3 is 5.32 Å². The summed E-state index contributed by atoms with van der Waals surface area (Å²) in [5.41, 5.74) is 2.70. The van der Waals surface area contributed by atoms with Crippen LogP contribution in [0.25, 0.3) is 16.9 Å². The highest BCUT2D eigenvalue weighted by Gasteiger charge is 2.29. The Bertz CT molecular complexity index is 917. The van der Waals surface area contributed by atoms with Crippen molar-refractivity contribution in [3.8, 4) is 16.9 Å². The highest BCUT2D eigenvalue weighted by Crippen LogP contribution is 2.27. The molecule has 3 rings (SSSR count). The zero-order valence-corrected chi connectivity index (χ0v) is 13.9. The standard InChI is InChI=1S/C19H16F3N3O/c1-13-7-5-6-10-15(13)17-16(18(26)23-12-19(20,21)22)11-25(24-17)14-8-3-2-4-9-14/h2-11H,12H2,1H3,(H,23,26). The van der Waals surface area contributed by atoms with Crippen molar-refractivity contribution in [1.82, 2.24) is 15.1 Å². The number of amides is 1. The molecule has 134 valence electrons. The molecule has 1 amide bonds. The van der Waals surface area contributed by atoms with E-state index in [-0.39, 0.29) is 5.56 Å². The van der Waals surface area contributed by atoms with E-state index in [9.17, 15) is 18.0 Å². The van der Waals surface area contributed by atoms with Gasteiger partial charge in [-0.25, -0.2) is 4.68 Å². The van der Waals surface area contributed by atoms with Crippen molar-refractivity contribution in [3.05, 3.63) is 71.9 Å². The summed E-state index contributed by atoms with van der Waals surface area (Å²) in [7, 11) is 0. The number of benzene rings is 2. The van der Waals surface area contributed by atoms with Crippen molar-refractivity contribution in [2.75, 3.05) is 6.54 Å². The molecule has 4 nitrogen and oxygen atoms in total. The Labute approximate surface area is 148 Å². The van der Waals surface area contributed by atoms with Gasteiger partial charge in [-0.2, -0.15) is 18.3 Å². The molecule has 0 aliphatic rings. The van der Waals surface area contributed by atoms with Crippen LogP contribution in [0, 0.1) is 6.92 Å². The molecule has 0 spiro atoms. The Balaban J connectivity index is 2.05. The second kappa shape index (κ2) is 7.03. The molecule has 0 saturated carbocycles. The fourth-order valence-corrected chi connectivity index (χ4v) is 2.57. The van der Waals surface area contributed by atoms with Gasteiger partial charge in [0, 0.05) is 11.8 Å². The lowest BCUT2D eigenvalue weighted by molar-refractivity contribution is -0.123. The lowest BCUT2D eigenvalue weighted by atomic mass is 10.0. The van der Waals surface area contributed by atoms with E-state index < -0.39 is 18.6 Å². The van der Waals surface area contributed by atoms with E-state index in [0.29, 0.717) is 16.9 Å². The van der Waals surface area contributed by atoms with Crippen LogP contribution in [-0.4, -0.2) is 28.4 Å². The van der Waals surface area contributed by atoms with E-state index in [1.165, 1.54) is 10.9 Å². The summed E-state index contributed by atoms with van der Waals surface area (Å²) in [6, 6.07) is 16.3. The van der Waals surface area contributed by atoms with Gasteiger partial charge in [0.1, 0.15) is 12.2 Å². The zero-order chi connectivity index (χ0) is 18.7. The summed E-state index contributed by atoms with van der Waals surface area (Å²) >= 11 is 0. The van der Waals surface area contributed by atoms with Gasteiger partial charge in [-0.1, -0.05) is 42.5 Å². The smallest absolute Gasteiger partial charge is 0.343 e. The van der Waals surface area contributed by atoms with E-state index in [4.69, 9.17) is 0 Å². The molecule has 26 heavy (non-hydrogen) atoms. The Kier molecular flexibility index (Phi) is 4.79. The SMILES string of the molecule is Cc1ccccc1-c1nn(-c2ccccc2)cc1C(=O)NCC(F)(F)F. The first-order valence-electron chi connectivity index (χ1n) is 7.91. The number of nitrogens with one attached hydrogen (secondary N) is 1. The largest absolute Gasteiger partial charge is 0.405 e. The molecule has 0 aliphatic carbocycles. The second-order valence-corrected chi connectivity index (χ2v) is 5.78. The fraction of sp³-hybridized carbons (Fsp3) is 0.158. The summed E-state index contributed by atoms with van der Waals surface area (Å²) in [4.78, 5) is 12.4. The van der Waals surface area contributed by atoms with Gasteiger partial charge in [-0.05, 0) is 24.6 Å². The second-order valence-electron chi connectivity index (χ2n) is 5.78. The Morgan fingerprint density at radius 1 is 1.08 bits per heavy atom. The van der Waals surface area contributed by atoms with Crippen LogP contribution in [0.2, 0.25) is 0 Å². The average Bonchev–Trinajstić information content (AvgIpc) is 3.05. The number of halogens is 3. The third-order valence-electron chi connectivity index (χ3n) is 3.83. The molecule has 0 fully saturated rings. The number of carbonyl (C=O) groups is 1. The lowest BCUT2D eigenvalue weighted by Crippen LogP contribution is -2.33. The zero-order valence-electron chi connectivity index (χ0n) is 13.9. The Morgan fingerprint density at radius 3 is 2.38 bits per heavy atom. The number of aryl methyl sites for hydroxylation is 1. The summed E-state index contributed by atoms with van der Waals surface area (Å²) in [6.45, 7) is 0.462. The molecule has 1 N–H and O–H groups in total. The van der Waals surface area contributed by atoms with Crippen LogP contribution in [-0.2, 0) is 0 Å². The third kappa shape index (κ3) is 3.93. The molecular formula is C19H16F3N3O. The number of nitrogens with zero attached hydrogens (tertiary/aromatic N) is 2. The molecule has 0 bridgehead atoms. The fourth-order valence-electron chi connectivity index (χ4n) is 2.57. The van der Waals surface area contributed by atoms with Crippen LogP contribution in [0.5, 0.6) is 0 Å². The van der Waals surface area contributed by atoms with Crippen molar-refractivity contribution >= 4 is 5.91 Å². The Hall–Kier alpha value is -3.09. The number of hydrogen-bond acceptors (Lipinski definition) is 2. The maximum absolute atomic E-state index is 12.5. The first-order chi connectivity index (χ1) is 12.3. The molecule has 2 aromatic carbocycles. The van der Waals surface area contributed by atoms with Crippen LogP contribution in [0.1, 0.15) is 15.9 Å². The van der Waals surface area contributed by atoms with Gasteiger partial charge in [0.2, 0.25) is 0 Å². The number of alkyl halides is 3. The molecule has 0 radical (unpaired) electrons. The minimum absolute atomic E-state index is 0.0902. The quantitative estimate of drug-likeness (QED) is 0.761. The van der Waals surface area contributed by atoms with Gasteiger partial charge in [0.15, 0.2) is 0 Å². The van der Waals surface area contributed by atoms with Crippen molar-refractivity contribution in [2.45, 2.75) is 13.1 Å². The van der Waals surface area contributed by atoms with Crippen LogP contribution >= 0.6 is 0 Å². The normalized spacial score (nSPS) is 11.4. The molecule has 7 heteroatoms. The third-order valence-corrected chi connectivity index (χ3v) is 3.83. The van der Waals surface area contributed by atoms with Gasteiger partial charge in [0.05, 0.1) is 11.3 Å². The minimum atomic E-state index is -4.48. The highest BCUT2D eigenvalue weighted by molar-refractivity contribution is 6.00. The van der Waals surface area contributed by atoms with Crippen LogP contribution < -0.4 is 5.32 Å². The molecule has 0 aliphatic heterocycles. The van der Waals surface area contributed by atoms with Crippen molar-refractivity contribution in [1.29, 1.82) is 0 Å². The van der Waals surface area contributed by atoms with Gasteiger partial charge >= 0.3 is 6.18 Å². The number of hydrogen-bond donors (Lipinski definition) is 1. The van der Waals surface area contributed by atoms with E-state index in [1.807, 2.05) is 42.6 Å². The number of carbonyl (C=O) groups excluding carboxylic acids is 1. The molecule has 1 aromatic heterocycles.